The molecule has 0 radical (unpaired) electrons. The molecule has 2 fully saturated rings. The molecule has 9 nitrogen and oxygen atoms in total. The summed E-state index contributed by atoms with van der Waals surface area (Å²) in [5.41, 5.74) is 0.919. The Kier molecular flexibility index (Phi) is 8.20. The van der Waals surface area contributed by atoms with Gasteiger partial charge in [-0.1, -0.05) is 17.7 Å². The summed E-state index contributed by atoms with van der Waals surface area (Å²) >= 11 is 5.85. The highest BCUT2D eigenvalue weighted by atomic mass is 35.5. The van der Waals surface area contributed by atoms with Gasteiger partial charge in [-0.3, -0.25) is 14.4 Å². The predicted molar refractivity (Wildman–Crippen MR) is 133 cm³/mol. The lowest BCUT2D eigenvalue weighted by atomic mass is 9.89. The summed E-state index contributed by atoms with van der Waals surface area (Å²) in [6.45, 7) is 1.96. The van der Waals surface area contributed by atoms with Crippen molar-refractivity contribution in [1.82, 2.24) is 20.5 Å². The Morgan fingerprint density at radius 3 is 2.69 bits per heavy atom. The van der Waals surface area contributed by atoms with Crippen LogP contribution >= 0.6 is 11.6 Å². The summed E-state index contributed by atoms with van der Waals surface area (Å²) in [6, 6.07) is 8.67. The number of benzene rings is 1. The van der Waals surface area contributed by atoms with Crippen LogP contribution in [0.1, 0.15) is 41.6 Å². The number of aromatic nitrogens is 1. The monoisotopic (exact) mass is 499 g/mol. The molecule has 1 saturated carbocycles. The topological polar surface area (TPSA) is 113 Å². The zero-order valence-electron chi connectivity index (χ0n) is 19.7. The van der Waals surface area contributed by atoms with E-state index in [1.165, 1.54) is 13.3 Å². The van der Waals surface area contributed by atoms with Crippen LogP contribution in [-0.4, -0.2) is 66.4 Å². The third-order valence-electron chi connectivity index (χ3n) is 6.53. The van der Waals surface area contributed by atoms with Crippen LogP contribution in [0.5, 0.6) is 5.75 Å². The van der Waals surface area contributed by atoms with Crippen LogP contribution in [0.3, 0.4) is 0 Å². The number of halogens is 1. The van der Waals surface area contributed by atoms with Crippen LogP contribution < -0.4 is 20.7 Å². The SMILES string of the molecule is COc1cccc(C(=O)NC2CCC(N3CCNCC3=O)CC2)c1CC(=O)Nc1ccc(Cl)cn1. The number of methoxy groups -OCH3 is 1. The van der Waals surface area contributed by atoms with Crippen molar-refractivity contribution in [2.24, 2.45) is 0 Å². The molecule has 1 aromatic heterocycles. The number of anilines is 1. The molecule has 1 saturated heterocycles. The van der Waals surface area contributed by atoms with E-state index in [0.717, 1.165) is 38.8 Å². The molecular weight excluding hydrogens is 470 g/mol. The molecule has 4 rings (SSSR count). The number of nitrogens with one attached hydrogen (secondary N) is 3. The fraction of sp³-hybridized carbons (Fsp3) is 0.440. The van der Waals surface area contributed by atoms with Crippen molar-refractivity contribution in [2.45, 2.75) is 44.2 Å². The van der Waals surface area contributed by atoms with Gasteiger partial charge in [-0.15, -0.1) is 0 Å². The van der Waals surface area contributed by atoms with Gasteiger partial charge in [0.05, 0.1) is 25.1 Å². The quantitative estimate of drug-likeness (QED) is 0.539. The van der Waals surface area contributed by atoms with E-state index in [2.05, 4.69) is 20.9 Å². The predicted octanol–water partition coefficient (Wildman–Crippen LogP) is 2.40. The molecule has 3 amide bonds. The number of carbonyl (C=O) groups excluding carboxylic acids is 3. The Morgan fingerprint density at radius 1 is 1.20 bits per heavy atom. The van der Waals surface area contributed by atoms with Crippen LogP contribution in [0.25, 0.3) is 0 Å². The molecule has 0 atom stereocenters. The van der Waals surface area contributed by atoms with Gasteiger partial charge in [-0.25, -0.2) is 4.98 Å². The van der Waals surface area contributed by atoms with Crippen LogP contribution in [0.15, 0.2) is 36.5 Å². The fourth-order valence-electron chi connectivity index (χ4n) is 4.75. The minimum atomic E-state index is -0.320. The van der Waals surface area contributed by atoms with E-state index in [9.17, 15) is 14.4 Å². The summed E-state index contributed by atoms with van der Waals surface area (Å²) in [5, 5.41) is 9.42. The standard InChI is InChI=1S/C25H30ClN5O4/c1-35-21-4-2-3-19(20(21)13-23(32)30-22-10-5-16(26)14-28-22)25(34)29-17-6-8-18(9-7-17)31-12-11-27-15-24(31)33/h2-5,10,14,17-18,27H,6-9,11-13,15H2,1H3,(H,29,34)(H,28,30,32). The van der Waals surface area contributed by atoms with E-state index in [1.54, 1.807) is 30.3 Å². The van der Waals surface area contributed by atoms with Crippen molar-refractivity contribution >= 4 is 35.1 Å². The molecule has 0 bridgehead atoms. The molecule has 3 N–H and O–H groups in total. The number of hydrogen-bond acceptors (Lipinski definition) is 6. The van der Waals surface area contributed by atoms with Crippen LogP contribution in [0.4, 0.5) is 5.82 Å². The molecule has 0 spiro atoms. The maximum absolute atomic E-state index is 13.2. The molecule has 186 valence electrons. The van der Waals surface area contributed by atoms with Gasteiger partial charge in [-0.2, -0.15) is 0 Å². The van der Waals surface area contributed by atoms with E-state index in [0.29, 0.717) is 34.3 Å². The highest BCUT2D eigenvalue weighted by molar-refractivity contribution is 6.30. The smallest absolute Gasteiger partial charge is 0.251 e. The first-order valence-electron chi connectivity index (χ1n) is 11.8. The van der Waals surface area contributed by atoms with E-state index in [-0.39, 0.29) is 36.2 Å². The van der Waals surface area contributed by atoms with E-state index < -0.39 is 0 Å². The van der Waals surface area contributed by atoms with Gasteiger partial charge in [0.15, 0.2) is 0 Å². The number of nitrogens with zero attached hydrogens (tertiary/aromatic N) is 2. The highest BCUT2D eigenvalue weighted by Crippen LogP contribution is 2.26. The molecule has 1 aromatic carbocycles. The highest BCUT2D eigenvalue weighted by Gasteiger charge is 2.31. The van der Waals surface area contributed by atoms with Crippen LogP contribution in [0, 0.1) is 0 Å². The van der Waals surface area contributed by atoms with Crippen molar-refractivity contribution in [1.29, 1.82) is 0 Å². The van der Waals surface area contributed by atoms with Gasteiger partial charge in [0.1, 0.15) is 11.6 Å². The normalized spacial score (nSPS) is 20.3. The molecule has 0 unspecified atom stereocenters. The average Bonchev–Trinajstić information content (AvgIpc) is 2.86. The summed E-state index contributed by atoms with van der Waals surface area (Å²) in [6.07, 6.45) is 4.72. The Hall–Kier alpha value is -3.17. The Morgan fingerprint density at radius 2 is 2.00 bits per heavy atom. The minimum Gasteiger partial charge on any atom is -0.496 e. The second kappa shape index (κ2) is 11.5. The van der Waals surface area contributed by atoms with Crippen molar-refractivity contribution in [3.63, 3.8) is 0 Å². The third-order valence-corrected chi connectivity index (χ3v) is 6.75. The van der Waals surface area contributed by atoms with Gasteiger partial charge in [-0.05, 0) is 49.9 Å². The first kappa shape index (κ1) is 24.9. The maximum Gasteiger partial charge on any atom is 0.251 e. The first-order chi connectivity index (χ1) is 16.9. The summed E-state index contributed by atoms with van der Waals surface area (Å²) in [5.74, 6) is 0.437. The minimum absolute atomic E-state index is 0.0166. The molecule has 1 aliphatic heterocycles. The number of amides is 3. The largest absolute Gasteiger partial charge is 0.496 e. The van der Waals surface area contributed by atoms with E-state index >= 15 is 0 Å². The van der Waals surface area contributed by atoms with E-state index in [4.69, 9.17) is 16.3 Å². The van der Waals surface area contributed by atoms with Gasteiger partial charge >= 0.3 is 0 Å². The lowest BCUT2D eigenvalue weighted by molar-refractivity contribution is -0.135. The Bertz CT molecular complexity index is 1070. The van der Waals surface area contributed by atoms with Crippen molar-refractivity contribution in [3.05, 3.63) is 52.7 Å². The lowest BCUT2D eigenvalue weighted by Crippen LogP contribution is -2.54. The number of ether oxygens (including phenoxy) is 1. The molecular formula is C25H30ClN5O4. The van der Waals surface area contributed by atoms with Crippen LogP contribution in [-0.2, 0) is 16.0 Å². The van der Waals surface area contributed by atoms with Crippen LogP contribution in [0.2, 0.25) is 5.02 Å². The Balaban J connectivity index is 1.39. The second-order valence-electron chi connectivity index (χ2n) is 8.82. The van der Waals surface area contributed by atoms with E-state index in [1.807, 2.05) is 4.90 Å². The molecule has 2 heterocycles. The van der Waals surface area contributed by atoms with Gasteiger partial charge in [0, 0.05) is 42.5 Å². The Labute approximate surface area is 209 Å². The second-order valence-corrected chi connectivity index (χ2v) is 9.25. The first-order valence-corrected chi connectivity index (χ1v) is 12.2. The molecule has 35 heavy (non-hydrogen) atoms. The zero-order chi connectivity index (χ0) is 24.8. The summed E-state index contributed by atoms with van der Waals surface area (Å²) in [4.78, 5) is 44.2. The number of piperazine rings is 1. The summed E-state index contributed by atoms with van der Waals surface area (Å²) in [7, 11) is 1.51. The van der Waals surface area contributed by atoms with Crippen molar-refractivity contribution < 1.29 is 19.1 Å². The third kappa shape index (κ3) is 6.29. The van der Waals surface area contributed by atoms with Crippen molar-refractivity contribution in [2.75, 3.05) is 32.1 Å². The molecule has 2 aromatic rings. The zero-order valence-corrected chi connectivity index (χ0v) is 20.4. The van der Waals surface area contributed by atoms with Gasteiger partial charge < -0.3 is 25.6 Å². The van der Waals surface area contributed by atoms with Gasteiger partial charge in [0.2, 0.25) is 11.8 Å². The molecule has 1 aliphatic carbocycles. The lowest BCUT2D eigenvalue weighted by Gasteiger charge is -2.39. The fourth-order valence-corrected chi connectivity index (χ4v) is 4.86. The number of pyridine rings is 1. The van der Waals surface area contributed by atoms with Gasteiger partial charge in [0.25, 0.3) is 5.91 Å². The maximum atomic E-state index is 13.2. The molecule has 2 aliphatic rings. The number of hydrogen-bond donors (Lipinski definition) is 3. The number of rotatable bonds is 7. The molecule has 10 heteroatoms. The number of carbonyl (C=O) groups is 3. The van der Waals surface area contributed by atoms with Crippen molar-refractivity contribution in [3.8, 4) is 5.75 Å². The summed E-state index contributed by atoms with van der Waals surface area (Å²) < 4.78 is 5.45. The average molecular weight is 500 g/mol.